The molecule has 12 heavy (non-hydrogen) atoms. The smallest absolute Gasteiger partial charge is 0.767 e. The number of thiocarbonyl (C=S) groups is 1. The zero-order chi connectivity index (χ0) is 8.27. The van der Waals surface area contributed by atoms with Gasteiger partial charge in [-0.3, -0.25) is 4.21 Å². The molecule has 0 aromatic heterocycles. The Balaban J connectivity index is 0.00000121. The first-order chi connectivity index (χ1) is 5.20. The molecule has 2 unspecified atom stereocenters. The summed E-state index contributed by atoms with van der Waals surface area (Å²) in [7, 11) is 0. The molecule has 0 aliphatic carbocycles. The zero-order valence-electron chi connectivity index (χ0n) is 6.74. The van der Waals surface area contributed by atoms with Crippen molar-refractivity contribution in [3.05, 3.63) is 0 Å². The normalized spacial score (nSPS) is 24.2. The molecule has 7 heteroatoms. The second-order valence-corrected chi connectivity index (χ2v) is 4.92. The van der Waals surface area contributed by atoms with E-state index in [1.165, 1.54) is 0 Å². The van der Waals surface area contributed by atoms with Crippen molar-refractivity contribution in [2.75, 3.05) is 11.5 Å². The number of nitrogens with one attached hydrogen (secondary N) is 1. The van der Waals surface area contributed by atoms with Gasteiger partial charge in [0.15, 0.2) is 4.32 Å². The molecule has 1 aliphatic rings. The van der Waals surface area contributed by atoms with Gasteiger partial charge in [0.2, 0.25) is 0 Å². The fourth-order valence-electron chi connectivity index (χ4n) is 0.863. The maximum absolute atomic E-state index is 10.3. The van der Waals surface area contributed by atoms with Crippen LogP contribution in [0.5, 0.6) is 0 Å². The molecule has 1 fully saturated rings. The molecule has 0 bridgehead atoms. The van der Waals surface area contributed by atoms with Crippen LogP contribution >= 0.6 is 24.0 Å². The summed E-state index contributed by atoms with van der Waals surface area (Å²) in [6, 6.07) is 0.255. The van der Waals surface area contributed by atoms with Gasteiger partial charge in [-0.2, -0.15) is 11.8 Å². The van der Waals surface area contributed by atoms with Gasteiger partial charge in [-0.25, -0.2) is 0 Å². The first-order valence-corrected chi connectivity index (χ1v) is 5.81. The summed E-state index contributed by atoms with van der Waals surface area (Å²) in [6.45, 7) is 0. The van der Waals surface area contributed by atoms with Crippen LogP contribution in [0, 0.1) is 0 Å². The van der Waals surface area contributed by atoms with Crippen molar-refractivity contribution in [2.45, 2.75) is 12.5 Å². The molecule has 0 radical (unpaired) electrons. The average Bonchev–Trinajstić information content (AvgIpc) is 2.39. The third-order valence-electron chi connectivity index (χ3n) is 1.40. The Morgan fingerprint density at radius 2 is 2.42 bits per heavy atom. The molecular weight excluding hydrogens is 241 g/mol. The largest absolute Gasteiger partial charge is 1.00 e. The third kappa shape index (κ3) is 5.01. The van der Waals surface area contributed by atoms with Gasteiger partial charge in [0.25, 0.3) is 0 Å². The van der Waals surface area contributed by atoms with Crippen molar-refractivity contribution in [3.8, 4) is 0 Å². The number of rotatable bonds is 1. The van der Waals surface area contributed by atoms with E-state index >= 15 is 0 Å². The molecule has 0 amide bonds. The summed E-state index contributed by atoms with van der Waals surface area (Å²) in [5.74, 6) is 2.04. The van der Waals surface area contributed by atoms with Crippen LogP contribution in [0.15, 0.2) is 0 Å². The molecule has 0 spiro atoms. The summed E-state index contributed by atoms with van der Waals surface area (Å²) in [4.78, 5) is 0. The summed E-state index contributed by atoms with van der Waals surface area (Å²) in [5, 5.41) is 2.78. The maximum atomic E-state index is 10.3. The van der Waals surface area contributed by atoms with Crippen LogP contribution in [-0.4, -0.2) is 30.6 Å². The van der Waals surface area contributed by atoms with E-state index in [1.54, 1.807) is 0 Å². The van der Waals surface area contributed by atoms with E-state index in [2.05, 4.69) is 17.5 Å². The summed E-state index contributed by atoms with van der Waals surface area (Å²) < 4.78 is 20.5. The van der Waals surface area contributed by atoms with Gasteiger partial charge in [-0.05, 0) is 12.2 Å². The van der Waals surface area contributed by atoms with Gasteiger partial charge in [0.1, 0.15) is 0 Å². The van der Waals surface area contributed by atoms with Gasteiger partial charge >= 0.3 is 51.4 Å². The van der Waals surface area contributed by atoms with E-state index in [0.717, 1.165) is 17.9 Å². The first kappa shape index (κ1) is 14.0. The van der Waals surface area contributed by atoms with E-state index in [4.69, 9.17) is 0 Å². The van der Waals surface area contributed by atoms with Crippen molar-refractivity contribution in [1.29, 1.82) is 0 Å². The van der Waals surface area contributed by atoms with Crippen LogP contribution in [-0.2, 0) is 11.1 Å². The molecule has 0 saturated carbocycles. The minimum absolute atomic E-state index is 0. The predicted octanol–water partition coefficient (Wildman–Crippen LogP) is -2.75. The van der Waals surface area contributed by atoms with Crippen LogP contribution in [0.1, 0.15) is 6.42 Å². The van der Waals surface area contributed by atoms with Crippen LogP contribution < -0.4 is 56.7 Å². The number of thioether (sulfide) groups is 1. The molecule has 64 valence electrons. The minimum atomic E-state index is -2.25. The molecule has 1 heterocycles. The molecule has 3 nitrogen and oxygen atoms in total. The second-order valence-electron chi connectivity index (χ2n) is 2.23. The van der Waals surface area contributed by atoms with Gasteiger partial charge in [0, 0.05) is 22.9 Å². The van der Waals surface area contributed by atoms with Crippen LogP contribution in [0.2, 0.25) is 0 Å². The fraction of sp³-hybridized carbons (Fsp3) is 0.800. The SMILES string of the molecule is O=S([O-])C(=S)NC1CCSC1.[K+]. The summed E-state index contributed by atoms with van der Waals surface area (Å²) >= 11 is 4.15. The summed E-state index contributed by atoms with van der Waals surface area (Å²) in [5.41, 5.74) is 0. The van der Waals surface area contributed by atoms with E-state index in [-0.39, 0.29) is 61.7 Å². The van der Waals surface area contributed by atoms with Crippen LogP contribution in [0.3, 0.4) is 0 Å². The minimum Gasteiger partial charge on any atom is -0.767 e. The Hall–Kier alpha value is 1.99. The third-order valence-corrected chi connectivity index (χ3v) is 3.51. The maximum Gasteiger partial charge on any atom is 1.00 e. The number of hydrogen-bond donors (Lipinski definition) is 1. The molecule has 2 atom stereocenters. The van der Waals surface area contributed by atoms with E-state index in [0.29, 0.717) is 0 Å². The van der Waals surface area contributed by atoms with Crippen molar-refractivity contribution in [1.82, 2.24) is 5.32 Å². The molecule has 1 N–H and O–H groups in total. The Kier molecular flexibility index (Phi) is 8.51. The van der Waals surface area contributed by atoms with E-state index in [9.17, 15) is 8.76 Å². The molecular formula is C5H8KNO2S3. The Bertz CT molecular complexity index is 184. The van der Waals surface area contributed by atoms with Gasteiger partial charge in [0.05, 0.1) is 0 Å². The van der Waals surface area contributed by atoms with Crippen molar-refractivity contribution < 1.29 is 60.1 Å². The second kappa shape index (κ2) is 7.30. The van der Waals surface area contributed by atoms with E-state index in [1.807, 2.05) is 11.8 Å². The predicted molar refractivity (Wildman–Crippen MR) is 50.4 cm³/mol. The fourth-order valence-corrected chi connectivity index (χ4v) is 2.45. The van der Waals surface area contributed by atoms with Crippen LogP contribution in [0.4, 0.5) is 0 Å². The zero-order valence-corrected chi connectivity index (χ0v) is 12.3. The van der Waals surface area contributed by atoms with Crippen molar-refractivity contribution in [3.63, 3.8) is 0 Å². The number of hydrogen-bond acceptors (Lipinski definition) is 4. The molecule has 1 saturated heterocycles. The van der Waals surface area contributed by atoms with E-state index < -0.39 is 11.1 Å². The molecule has 1 rings (SSSR count). The standard InChI is InChI=1S/C5H9NO2S3.K/c7-11(8)5(9)6-4-1-2-10-3-4;/h4H,1-3H2,(H,6,9)(H,7,8);/q;+1/p-1. The van der Waals surface area contributed by atoms with Crippen LogP contribution in [0.25, 0.3) is 0 Å². The molecule has 0 aromatic rings. The van der Waals surface area contributed by atoms with Crippen molar-refractivity contribution in [2.24, 2.45) is 0 Å². The Morgan fingerprint density at radius 3 is 2.83 bits per heavy atom. The van der Waals surface area contributed by atoms with Crippen molar-refractivity contribution >= 4 is 39.4 Å². The Labute approximate surface area is 127 Å². The van der Waals surface area contributed by atoms with Gasteiger partial charge in [-0.15, -0.1) is 0 Å². The molecule has 1 aliphatic heterocycles. The van der Waals surface area contributed by atoms with Gasteiger partial charge in [-0.1, -0.05) is 12.2 Å². The topological polar surface area (TPSA) is 52.2 Å². The van der Waals surface area contributed by atoms with Gasteiger partial charge < -0.3 is 9.87 Å². The quantitative estimate of drug-likeness (QED) is 0.310. The Morgan fingerprint density at radius 1 is 1.75 bits per heavy atom. The average molecular weight is 249 g/mol. The first-order valence-electron chi connectivity index (χ1n) is 3.17. The monoisotopic (exact) mass is 249 g/mol. The summed E-state index contributed by atoms with van der Waals surface area (Å²) in [6.07, 6.45) is 1.00. The molecule has 0 aromatic carbocycles.